The number of nitrogens with two attached hydrogens (primary N) is 1. The van der Waals surface area contributed by atoms with Gasteiger partial charge in [0.2, 0.25) is 0 Å². The number of amides is 1. The Morgan fingerprint density at radius 3 is 2.33 bits per heavy atom. The van der Waals surface area contributed by atoms with Crippen molar-refractivity contribution in [2.24, 2.45) is 0 Å². The Hall–Kier alpha value is -2.18. The number of nitrogens with one attached hydrogen (secondary N) is 1. The highest BCUT2D eigenvalue weighted by Gasteiger charge is 2.24. The maximum absolute atomic E-state index is 13.6. The Bertz CT molecular complexity index is 568. The van der Waals surface area contributed by atoms with Gasteiger partial charge in [0.25, 0.3) is 5.91 Å². The summed E-state index contributed by atoms with van der Waals surface area (Å²) in [4.78, 5) is 23.5. The Kier molecular flexibility index (Phi) is 4.88. The highest BCUT2D eigenvalue weighted by Crippen LogP contribution is 2.18. The zero-order valence-electron chi connectivity index (χ0n) is 12.3. The lowest BCUT2D eigenvalue weighted by Crippen LogP contribution is -2.46. The second kappa shape index (κ2) is 6.07. The van der Waals surface area contributed by atoms with Crippen molar-refractivity contribution >= 4 is 17.6 Å². The molecule has 1 amide bonds. The van der Waals surface area contributed by atoms with Crippen molar-refractivity contribution in [3.63, 3.8) is 0 Å². The highest BCUT2D eigenvalue weighted by atomic mass is 19.1. The molecule has 0 saturated heterocycles. The maximum atomic E-state index is 13.6. The van der Waals surface area contributed by atoms with Crippen molar-refractivity contribution in [3.8, 4) is 0 Å². The van der Waals surface area contributed by atoms with Gasteiger partial charge in [-0.05, 0) is 33.8 Å². The number of hydrogen-bond acceptors (Lipinski definition) is 4. The Morgan fingerprint density at radius 1 is 1.24 bits per heavy atom. The van der Waals surface area contributed by atoms with E-state index in [1.807, 2.05) is 0 Å². The number of carbonyl (C=O) groups excluding carboxylic acids is 2. The average molecular weight is 300 g/mol. The number of carbonyl (C=O) groups is 2. The number of rotatable bonds is 3. The first-order valence-electron chi connectivity index (χ1n) is 6.29. The molecule has 0 saturated carbocycles. The minimum atomic E-state index is -1.14. The van der Waals surface area contributed by atoms with Gasteiger partial charge in [-0.2, -0.15) is 0 Å². The first-order chi connectivity index (χ1) is 9.51. The normalized spacial score (nSPS) is 12.7. The molecule has 0 aliphatic heterocycles. The van der Waals surface area contributed by atoms with E-state index in [1.165, 1.54) is 6.92 Å². The van der Waals surface area contributed by atoms with Crippen LogP contribution in [0.25, 0.3) is 0 Å². The van der Waals surface area contributed by atoms with Gasteiger partial charge in [-0.1, -0.05) is 0 Å². The highest BCUT2D eigenvalue weighted by molar-refractivity contribution is 5.92. The predicted octanol–water partition coefficient (Wildman–Crippen LogP) is 2.01. The molecule has 1 atom stereocenters. The van der Waals surface area contributed by atoms with Gasteiger partial charge in [0.1, 0.15) is 11.6 Å². The Balaban J connectivity index is 2.82. The molecule has 0 bridgehead atoms. The van der Waals surface area contributed by atoms with Crippen LogP contribution in [-0.2, 0) is 9.53 Å². The van der Waals surface area contributed by atoms with Gasteiger partial charge in [-0.3, -0.25) is 4.79 Å². The van der Waals surface area contributed by atoms with Crippen LogP contribution in [0.4, 0.5) is 14.5 Å². The number of hydrogen-bond donors (Lipinski definition) is 2. The molecule has 0 heterocycles. The lowest BCUT2D eigenvalue weighted by molar-refractivity contribution is -0.130. The smallest absolute Gasteiger partial charge is 0.342 e. The first kappa shape index (κ1) is 16.9. The zero-order valence-corrected chi connectivity index (χ0v) is 12.3. The van der Waals surface area contributed by atoms with Gasteiger partial charge in [-0.25, -0.2) is 13.6 Å². The average Bonchev–Trinajstić information content (AvgIpc) is 2.31. The summed E-state index contributed by atoms with van der Waals surface area (Å²) in [6, 6.07) is 1.33. The van der Waals surface area contributed by atoms with E-state index >= 15 is 0 Å². The number of nitrogen functional groups attached to an aromatic ring is 1. The van der Waals surface area contributed by atoms with E-state index in [2.05, 4.69) is 5.32 Å². The topological polar surface area (TPSA) is 81.4 Å². The third-order valence-corrected chi connectivity index (χ3v) is 2.46. The second-order valence-corrected chi connectivity index (χ2v) is 5.64. The van der Waals surface area contributed by atoms with Gasteiger partial charge in [0.15, 0.2) is 6.10 Å². The molecular formula is C14H18F2N2O3. The summed E-state index contributed by atoms with van der Waals surface area (Å²) in [5.41, 5.74) is 3.65. The summed E-state index contributed by atoms with van der Waals surface area (Å²) < 4.78 is 31.6. The van der Waals surface area contributed by atoms with E-state index in [0.717, 1.165) is 0 Å². The molecule has 1 rings (SSSR count). The number of halogens is 2. The molecule has 0 aliphatic rings. The predicted molar refractivity (Wildman–Crippen MR) is 73.5 cm³/mol. The van der Waals surface area contributed by atoms with Gasteiger partial charge < -0.3 is 15.8 Å². The molecule has 5 nitrogen and oxygen atoms in total. The standard InChI is InChI=1S/C14H18F2N2O3/c1-7(12(19)18-14(2,3)4)21-13(20)8-5-10(16)11(17)6-9(8)15/h5-7H,17H2,1-4H3,(H,18,19). The Morgan fingerprint density at radius 2 is 1.81 bits per heavy atom. The summed E-state index contributed by atoms with van der Waals surface area (Å²) >= 11 is 0. The Labute approximate surface area is 121 Å². The largest absolute Gasteiger partial charge is 0.449 e. The molecule has 3 N–H and O–H groups in total. The molecule has 0 fully saturated rings. The minimum Gasteiger partial charge on any atom is -0.449 e. The van der Waals surface area contributed by atoms with Crippen LogP contribution in [0, 0.1) is 11.6 Å². The van der Waals surface area contributed by atoms with E-state index in [0.29, 0.717) is 12.1 Å². The number of esters is 1. The second-order valence-electron chi connectivity index (χ2n) is 5.64. The lowest BCUT2D eigenvalue weighted by Gasteiger charge is -2.23. The van der Waals surface area contributed by atoms with Crippen LogP contribution in [-0.4, -0.2) is 23.5 Å². The van der Waals surface area contributed by atoms with Crippen molar-refractivity contribution in [3.05, 3.63) is 29.3 Å². The summed E-state index contributed by atoms with van der Waals surface area (Å²) in [7, 11) is 0. The van der Waals surface area contributed by atoms with Crippen molar-refractivity contribution in [1.29, 1.82) is 0 Å². The van der Waals surface area contributed by atoms with Crippen molar-refractivity contribution < 1.29 is 23.1 Å². The fourth-order valence-corrected chi connectivity index (χ4v) is 1.47. The molecule has 116 valence electrons. The fourth-order valence-electron chi connectivity index (χ4n) is 1.47. The van der Waals surface area contributed by atoms with E-state index < -0.39 is 46.4 Å². The maximum Gasteiger partial charge on any atom is 0.342 e. The van der Waals surface area contributed by atoms with Crippen LogP contribution in [0.1, 0.15) is 38.1 Å². The van der Waals surface area contributed by atoms with Crippen molar-refractivity contribution in [2.45, 2.75) is 39.3 Å². The van der Waals surface area contributed by atoms with Crippen molar-refractivity contribution in [2.75, 3.05) is 5.73 Å². The van der Waals surface area contributed by atoms with Gasteiger partial charge in [0.05, 0.1) is 11.3 Å². The molecule has 0 aliphatic carbocycles. The van der Waals surface area contributed by atoms with Crippen LogP contribution in [0.5, 0.6) is 0 Å². The summed E-state index contributed by atoms with van der Waals surface area (Å²) in [5.74, 6) is -3.62. The number of anilines is 1. The van der Waals surface area contributed by atoms with Crippen LogP contribution >= 0.6 is 0 Å². The van der Waals surface area contributed by atoms with Crippen LogP contribution in [0.3, 0.4) is 0 Å². The quantitative estimate of drug-likeness (QED) is 0.661. The zero-order chi connectivity index (χ0) is 16.4. The molecule has 1 aromatic carbocycles. The van der Waals surface area contributed by atoms with Crippen molar-refractivity contribution in [1.82, 2.24) is 5.32 Å². The summed E-state index contributed by atoms with van der Waals surface area (Å²) in [6.07, 6.45) is -1.14. The number of benzene rings is 1. The fraction of sp³-hybridized carbons (Fsp3) is 0.429. The third kappa shape index (κ3) is 4.70. The van der Waals surface area contributed by atoms with Gasteiger partial charge in [-0.15, -0.1) is 0 Å². The van der Waals surface area contributed by atoms with Gasteiger partial charge >= 0.3 is 5.97 Å². The van der Waals surface area contributed by atoms with E-state index in [9.17, 15) is 18.4 Å². The molecule has 0 aromatic heterocycles. The summed E-state index contributed by atoms with van der Waals surface area (Å²) in [6.45, 7) is 6.61. The molecule has 21 heavy (non-hydrogen) atoms. The SMILES string of the molecule is CC(OC(=O)c1cc(F)c(N)cc1F)C(=O)NC(C)(C)C. The molecule has 1 aromatic rings. The minimum absolute atomic E-state index is 0.414. The van der Waals surface area contributed by atoms with Crippen LogP contribution in [0.2, 0.25) is 0 Å². The number of ether oxygens (including phenoxy) is 1. The van der Waals surface area contributed by atoms with Gasteiger partial charge in [0, 0.05) is 11.6 Å². The third-order valence-electron chi connectivity index (χ3n) is 2.46. The van der Waals surface area contributed by atoms with Crippen LogP contribution < -0.4 is 11.1 Å². The van der Waals surface area contributed by atoms with E-state index in [-0.39, 0.29) is 0 Å². The monoisotopic (exact) mass is 300 g/mol. The molecule has 0 spiro atoms. The van der Waals surface area contributed by atoms with Crippen LogP contribution in [0.15, 0.2) is 12.1 Å². The molecular weight excluding hydrogens is 282 g/mol. The lowest BCUT2D eigenvalue weighted by atomic mass is 10.1. The molecule has 1 unspecified atom stereocenters. The van der Waals surface area contributed by atoms with E-state index in [4.69, 9.17) is 10.5 Å². The first-order valence-corrected chi connectivity index (χ1v) is 6.29. The van der Waals surface area contributed by atoms with E-state index in [1.54, 1.807) is 20.8 Å². The molecule has 7 heteroatoms. The molecule has 0 radical (unpaired) electrons. The summed E-state index contributed by atoms with van der Waals surface area (Å²) in [5, 5.41) is 2.61.